The lowest BCUT2D eigenvalue weighted by Crippen LogP contribution is -2.60. The number of nitrogens with one attached hydrogen (secondary N) is 2. The molecule has 4 N–H and O–H groups in total. The number of likely N-dealkylation sites (tertiary alicyclic amines) is 1. The minimum atomic E-state index is -0.515. The second-order valence-corrected chi connectivity index (χ2v) is 11.9. The summed E-state index contributed by atoms with van der Waals surface area (Å²) in [6, 6.07) is 22.8. The van der Waals surface area contributed by atoms with Crippen LogP contribution in [0.4, 0.5) is 22.9 Å². The van der Waals surface area contributed by atoms with Gasteiger partial charge in [-0.2, -0.15) is 0 Å². The number of nitrogens with two attached hydrogens (primary N) is 1. The summed E-state index contributed by atoms with van der Waals surface area (Å²) in [6.07, 6.45) is 0.839. The molecule has 0 bridgehead atoms. The van der Waals surface area contributed by atoms with Gasteiger partial charge in [0.05, 0.1) is 24.3 Å². The highest BCUT2D eigenvalue weighted by Gasteiger charge is 2.49. The Kier molecular flexibility index (Phi) is 7.77. The fourth-order valence-corrected chi connectivity index (χ4v) is 6.66. The third-order valence-corrected chi connectivity index (χ3v) is 8.78. The third kappa shape index (κ3) is 5.37. The van der Waals surface area contributed by atoms with Crippen molar-refractivity contribution >= 4 is 22.9 Å². The van der Waals surface area contributed by atoms with Crippen molar-refractivity contribution in [3.8, 4) is 17.0 Å². The molecule has 3 heterocycles. The third-order valence-electron chi connectivity index (χ3n) is 8.78. The predicted octanol–water partition coefficient (Wildman–Crippen LogP) is 3.61. The second-order valence-electron chi connectivity index (χ2n) is 11.9. The highest BCUT2D eigenvalue weighted by molar-refractivity contribution is 5.77. The van der Waals surface area contributed by atoms with Gasteiger partial charge in [0.15, 0.2) is 11.6 Å². The number of ether oxygens (including phenoxy) is 1. The van der Waals surface area contributed by atoms with Crippen LogP contribution in [0.15, 0.2) is 88.7 Å². The van der Waals surface area contributed by atoms with Crippen molar-refractivity contribution in [3.63, 3.8) is 0 Å². The van der Waals surface area contributed by atoms with E-state index in [-0.39, 0.29) is 17.3 Å². The number of aromatic nitrogens is 1. The fourth-order valence-electron chi connectivity index (χ4n) is 6.66. The lowest BCUT2D eigenvalue weighted by molar-refractivity contribution is 0.200. The van der Waals surface area contributed by atoms with E-state index in [2.05, 4.69) is 63.4 Å². The Morgan fingerprint density at radius 2 is 1.80 bits per heavy atom. The van der Waals surface area contributed by atoms with Gasteiger partial charge < -0.3 is 30.9 Å². The van der Waals surface area contributed by atoms with Crippen LogP contribution >= 0.6 is 0 Å². The minimum absolute atomic E-state index is 0.145. The molecule has 4 aromatic rings. The minimum Gasteiger partial charge on any atom is -0.491 e. The molecule has 2 saturated heterocycles. The molecule has 10 heteroatoms. The average molecular weight is 594 g/mol. The van der Waals surface area contributed by atoms with E-state index in [1.807, 2.05) is 49.2 Å². The van der Waals surface area contributed by atoms with Crippen molar-refractivity contribution in [3.05, 3.63) is 105 Å². The number of methoxy groups -OCH3 is 1. The predicted molar refractivity (Wildman–Crippen MR) is 176 cm³/mol. The normalized spacial score (nSPS) is 16.5. The largest absolute Gasteiger partial charge is 0.491 e. The van der Waals surface area contributed by atoms with Gasteiger partial charge in [-0.1, -0.05) is 49.0 Å². The van der Waals surface area contributed by atoms with Crippen LogP contribution in [-0.2, 0) is 6.54 Å². The van der Waals surface area contributed by atoms with Crippen LogP contribution in [0.3, 0.4) is 0 Å². The number of nitrogens with zero attached hydrogens (tertiary/aromatic N) is 4. The molecular formula is C34H39N7O3. The van der Waals surface area contributed by atoms with E-state index in [1.165, 1.54) is 12.7 Å². The Morgan fingerprint density at radius 1 is 1.07 bits per heavy atom. The molecule has 0 radical (unpaired) electrons. The summed E-state index contributed by atoms with van der Waals surface area (Å²) in [5, 5.41) is 6.55. The van der Waals surface area contributed by atoms with E-state index in [9.17, 15) is 9.59 Å². The molecule has 10 nitrogen and oxygen atoms in total. The van der Waals surface area contributed by atoms with Crippen molar-refractivity contribution in [2.24, 2.45) is 11.1 Å². The zero-order valence-corrected chi connectivity index (χ0v) is 25.5. The first-order valence-electron chi connectivity index (χ1n) is 14.9. The highest BCUT2D eigenvalue weighted by atomic mass is 16.5. The van der Waals surface area contributed by atoms with E-state index in [1.54, 1.807) is 0 Å². The first-order valence-corrected chi connectivity index (χ1v) is 14.9. The maximum Gasteiger partial charge on any atom is 0.272 e. The Morgan fingerprint density at radius 3 is 2.45 bits per heavy atom. The molecule has 2 aliphatic rings. The van der Waals surface area contributed by atoms with Crippen LogP contribution in [-0.4, -0.2) is 56.4 Å². The number of pyridine rings is 1. The van der Waals surface area contributed by atoms with E-state index in [4.69, 9.17) is 15.5 Å². The van der Waals surface area contributed by atoms with E-state index >= 15 is 0 Å². The van der Waals surface area contributed by atoms with Gasteiger partial charge in [0.25, 0.3) is 10.9 Å². The summed E-state index contributed by atoms with van der Waals surface area (Å²) >= 11 is 0. The van der Waals surface area contributed by atoms with Crippen molar-refractivity contribution in [1.82, 2.24) is 15.2 Å². The van der Waals surface area contributed by atoms with Gasteiger partial charge in [-0.05, 0) is 49.7 Å². The van der Waals surface area contributed by atoms with Crippen LogP contribution < -0.4 is 41.8 Å². The van der Waals surface area contributed by atoms with Crippen molar-refractivity contribution in [2.45, 2.75) is 26.1 Å². The first-order chi connectivity index (χ1) is 21.2. The van der Waals surface area contributed by atoms with Gasteiger partial charge in [-0.3, -0.25) is 14.5 Å². The average Bonchev–Trinajstić information content (AvgIpc) is 3.43. The standard InChI is InChI=1S/C34H39N7O3/c1-22(35)37-23(2)41(33-28(36-3)15-14-27(38-33)25-8-6-5-7-9-25)26-12-10-24(11-13-26)18-39-17-16-34(19-39)20-40(21-34)29-30(42)31(43)32(29)44-4/h5-15,23,36-37H,1,16-21,35H2,2-4H3. The highest BCUT2D eigenvalue weighted by Crippen LogP contribution is 2.43. The monoisotopic (exact) mass is 593 g/mol. The molecule has 1 spiro atoms. The number of benzene rings is 2. The smallest absolute Gasteiger partial charge is 0.272 e. The van der Waals surface area contributed by atoms with Gasteiger partial charge in [0, 0.05) is 49.9 Å². The maximum atomic E-state index is 12.1. The quantitative estimate of drug-likeness (QED) is 0.176. The van der Waals surface area contributed by atoms with E-state index in [0.717, 1.165) is 67.6 Å². The summed E-state index contributed by atoms with van der Waals surface area (Å²) in [6.45, 7) is 10.2. The van der Waals surface area contributed by atoms with Gasteiger partial charge in [-0.15, -0.1) is 0 Å². The van der Waals surface area contributed by atoms with E-state index in [0.29, 0.717) is 11.5 Å². The Balaban J connectivity index is 1.19. The topological polar surface area (TPSA) is 116 Å². The van der Waals surface area contributed by atoms with Crippen molar-refractivity contribution < 1.29 is 4.74 Å². The first kappa shape index (κ1) is 29.3. The molecule has 228 valence electrons. The number of anilines is 4. The second kappa shape index (κ2) is 11.7. The van der Waals surface area contributed by atoms with Crippen LogP contribution in [0.2, 0.25) is 0 Å². The van der Waals surface area contributed by atoms with Crippen LogP contribution in [0.25, 0.3) is 11.3 Å². The Hall–Kier alpha value is -4.83. The zero-order valence-electron chi connectivity index (χ0n) is 25.5. The molecular weight excluding hydrogens is 554 g/mol. The summed E-state index contributed by atoms with van der Waals surface area (Å²) in [4.78, 5) is 35.5. The summed E-state index contributed by atoms with van der Waals surface area (Å²) in [5.74, 6) is 1.36. The molecule has 0 saturated carbocycles. The van der Waals surface area contributed by atoms with Gasteiger partial charge >= 0.3 is 0 Å². The SMILES string of the molecule is C=C(N)NC(C)N(c1ccc(CN2CCC3(C2)CN(c2c(OC)c(=O)c2=O)C3)cc1)c1nc(-c2ccccc2)ccc1NC. The molecule has 2 aliphatic heterocycles. The van der Waals surface area contributed by atoms with E-state index < -0.39 is 10.9 Å². The fraction of sp³-hybridized carbons (Fsp3) is 0.324. The maximum absolute atomic E-state index is 12.1. The Labute approximate surface area is 257 Å². The zero-order chi connectivity index (χ0) is 31.0. The van der Waals surface area contributed by atoms with Crippen molar-refractivity contribution in [2.75, 3.05) is 55.5 Å². The van der Waals surface area contributed by atoms with Gasteiger partial charge in [-0.25, -0.2) is 4.98 Å². The Bertz CT molecular complexity index is 1720. The van der Waals surface area contributed by atoms with Crippen molar-refractivity contribution in [1.29, 1.82) is 0 Å². The number of rotatable bonds is 11. The molecule has 0 amide bonds. The number of hydrogen-bond donors (Lipinski definition) is 3. The molecule has 3 aromatic carbocycles. The molecule has 44 heavy (non-hydrogen) atoms. The van der Waals surface area contributed by atoms with Crippen LogP contribution in [0.1, 0.15) is 18.9 Å². The molecule has 0 aliphatic carbocycles. The van der Waals surface area contributed by atoms with Gasteiger partial charge in [0.2, 0.25) is 0 Å². The molecule has 2 fully saturated rings. The van der Waals surface area contributed by atoms with Crippen LogP contribution in [0.5, 0.6) is 5.75 Å². The molecule has 1 aromatic heterocycles. The van der Waals surface area contributed by atoms with Gasteiger partial charge in [0.1, 0.15) is 11.9 Å². The molecule has 6 rings (SSSR count). The lowest BCUT2D eigenvalue weighted by Gasteiger charge is -2.49. The molecule has 1 unspecified atom stereocenters. The van der Waals surface area contributed by atoms with Crippen LogP contribution in [0, 0.1) is 5.41 Å². The lowest BCUT2D eigenvalue weighted by atomic mass is 9.78. The number of hydrogen-bond acceptors (Lipinski definition) is 10. The summed E-state index contributed by atoms with van der Waals surface area (Å²) in [5.41, 5.74) is 10.6. The molecule has 1 atom stereocenters. The summed E-state index contributed by atoms with van der Waals surface area (Å²) < 4.78 is 5.15. The summed E-state index contributed by atoms with van der Waals surface area (Å²) in [7, 11) is 3.34.